The second-order valence-corrected chi connectivity index (χ2v) is 5.40. The molecule has 1 aromatic heterocycles. The zero-order valence-electron chi connectivity index (χ0n) is 12.8. The number of carbonyl (C=O) groups is 2. The molecule has 0 aliphatic carbocycles. The van der Waals surface area contributed by atoms with Crippen molar-refractivity contribution in [3.63, 3.8) is 0 Å². The highest BCUT2D eigenvalue weighted by Crippen LogP contribution is 2.15. The van der Waals surface area contributed by atoms with E-state index >= 15 is 0 Å². The molecule has 7 heteroatoms. The van der Waals surface area contributed by atoms with Gasteiger partial charge in [0.15, 0.2) is 5.82 Å². The summed E-state index contributed by atoms with van der Waals surface area (Å²) in [5.41, 5.74) is 0.971. The third kappa shape index (κ3) is 3.57. The first-order valence-electron chi connectivity index (χ1n) is 7.35. The molecule has 1 aliphatic heterocycles. The molecule has 0 bridgehead atoms. The lowest BCUT2D eigenvalue weighted by Crippen LogP contribution is -2.54. The summed E-state index contributed by atoms with van der Waals surface area (Å²) in [6, 6.07) is 10.6. The van der Waals surface area contributed by atoms with Crippen LogP contribution < -0.4 is 5.32 Å². The smallest absolute Gasteiger partial charge is 0.250 e. The topological polar surface area (TPSA) is 76.5 Å². The number of morpholine rings is 1. The molecule has 1 saturated heterocycles. The maximum Gasteiger partial charge on any atom is 0.250 e. The van der Waals surface area contributed by atoms with Gasteiger partial charge in [-0.25, -0.2) is 0 Å². The van der Waals surface area contributed by atoms with Crippen molar-refractivity contribution in [3.05, 3.63) is 48.2 Å². The minimum Gasteiger partial charge on any atom is -0.369 e. The highest BCUT2D eigenvalue weighted by Gasteiger charge is 2.34. The zero-order chi connectivity index (χ0) is 16.2. The molecule has 1 aliphatic rings. The van der Waals surface area contributed by atoms with Crippen LogP contribution >= 0.6 is 0 Å². The summed E-state index contributed by atoms with van der Waals surface area (Å²) in [4.78, 5) is 26.2. The number of hydrogen-bond acceptors (Lipinski definition) is 4. The van der Waals surface area contributed by atoms with Crippen molar-refractivity contribution < 1.29 is 14.3 Å². The van der Waals surface area contributed by atoms with Crippen LogP contribution in [0.4, 0.5) is 5.82 Å². The van der Waals surface area contributed by atoms with Crippen molar-refractivity contribution in [2.24, 2.45) is 7.05 Å². The van der Waals surface area contributed by atoms with Crippen molar-refractivity contribution in [2.45, 2.75) is 12.6 Å². The lowest BCUT2D eigenvalue weighted by atomic mass is 10.1. The van der Waals surface area contributed by atoms with E-state index in [0.29, 0.717) is 12.4 Å². The minimum absolute atomic E-state index is 0.000199. The lowest BCUT2D eigenvalue weighted by Gasteiger charge is -2.34. The summed E-state index contributed by atoms with van der Waals surface area (Å²) in [6.45, 7) is 0.556. The van der Waals surface area contributed by atoms with E-state index in [0.717, 1.165) is 5.56 Å². The first-order valence-corrected chi connectivity index (χ1v) is 7.35. The van der Waals surface area contributed by atoms with E-state index in [1.54, 1.807) is 28.9 Å². The van der Waals surface area contributed by atoms with Crippen molar-refractivity contribution in [2.75, 3.05) is 18.5 Å². The normalized spacial score (nSPS) is 18.0. The molecule has 1 fully saturated rings. The van der Waals surface area contributed by atoms with Gasteiger partial charge < -0.3 is 15.0 Å². The largest absolute Gasteiger partial charge is 0.369 e. The molecule has 2 amide bonds. The third-order valence-electron chi connectivity index (χ3n) is 3.66. The first kappa shape index (κ1) is 15.2. The van der Waals surface area contributed by atoms with Crippen LogP contribution in [0.2, 0.25) is 0 Å². The Bertz CT molecular complexity index is 698. The number of amides is 2. The van der Waals surface area contributed by atoms with Crippen LogP contribution in [-0.2, 0) is 27.9 Å². The van der Waals surface area contributed by atoms with Crippen LogP contribution in [-0.4, -0.2) is 45.8 Å². The maximum absolute atomic E-state index is 12.5. The number of benzene rings is 1. The molecule has 2 heterocycles. The molecule has 0 saturated carbocycles. The fourth-order valence-corrected chi connectivity index (χ4v) is 2.49. The number of aromatic nitrogens is 2. The number of anilines is 1. The Balaban J connectivity index is 1.74. The van der Waals surface area contributed by atoms with E-state index in [1.165, 1.54) is 0 Å². The van der Waals surface area contributed by atoms with E-state index in [4.69, 9.17) is 4.74 Å². The molecule has 1 N–H and O–H groups in total. The van der Waals surface area contributed by atoms with Gasteiger partial charge in [-0.2, -0.15) is 5.10 Å². The minimum atomic E-state index is -0.668. The van der Waals surface area contributed by atoms with Gasteiger partial charge >= 0.3 is 0 Å². The van der Waals surface area contributed by atoms with Crippen LogP contribution in [0.5, 0.6) is 0 Å². The molecule has 23 heavy (non-hydrogen) atoms. The number of rotatable bonds is 4. The van der Waals surface area contributed by atoms with Crippen molar-refractivity contribution in [3.8, 4) is 0 Å². The van der Waals surface area contributed by atoms with E-state index in [2.05, 4.69) is 10.4 Å². The van der Waals surface area contributed by atoms with E-state index < -0.39 is 6.04 Å². The molecule has 0 unspecified atom stereocenters. The Kier molecular flexibility index (Phi) is 4.38. The van der Waals surface area contributed by atoms with Gasteiger partial charge in [0, 0.05) is 25.9 Å². The summed E-state index contributed by atoms with van der Waals surface area (Å²) >= 11 is 0. The highest BCUT2D eigenvalue weighted by molar-refractivity contribution is 5.97. The molecular weight excluding hydrogens is 296 g/mol. The van der Waals surface area contributed by atoms with Crippen LogP contribution in [0, 0.1) is 0 Å². The molecule has 1 atom stereocenters. The number of aryl methyl sites for hydroxylation is 1. The van der Waals surface area contributed by atoms with E-state index in [-0.39, 0.29) is 25.0 Å². The predicted octanol–water partition coefficient (Wildman–Crippen LogP) is 0.786. The molecule has 0 spiro atoms. The molecule has 2 aromatic rings. The number of ether oxygens (including phenoxy) is 1. The fraction of sp³-hybridized carbons (Fsp3) is 0.312. The SMILES string of the molecule is Cn1ccc(NC(=O)[C@@H]2COCC(=O)N2Cc2ccccc2)n1. The van der Waals surface area contributed by atoms with Gasteiger partial charge in [-0.15, -0.1) is 0 Å². The average Bonchev–Trinajstić information content (AvgIpc) is 2.95. The van der Waals surface area contributed by atoms with Crippen molar-refractivity contribution >= 4 is 17.6 Å². The van der Waals surface area contributed by atoms with Crippen LogP contribution in [0.25, 0.3) is 0 Å². The van der Waals surface area contributed by atoms with Gasteiger partial charge in [0.2, 0.25) is 5.91 Å². The predicted molar refractivity (Wildman–Crippen MR) is 83.4 cm³/mol. The molecule has 0 radical (unpaired) electrons. The highest BCUT2D eigenvalue weighted by atomic mass is 16.5. The number of nitrogens with one attached hydrogen (secondary N) is 1. The van der Waals surface area contributed by atoms with Gasteiger partial charge in [0.1, 0.15) is 12.6 Å². The summed E-state index contributed by atoms with van der Waals surface area (Å²) in [7, 11) is 1.77. The van der Waals surface area contributed by atoms with Gasteiger partial charge in [0.25, 0.3) is 5.91 Å². The Morgan fingerprint density at radius 3 is 2.83 bits per heavy atom. The van der Waals surface area contributed by atoms with Crippen LogP contribution in [0.3, 0.4) is 0 Å². The molecular formula is C16H18N4O3. The van der Waals surface area contributed by atoms with Crippen LogP contribution in [0.15, 0.2) is 42.6 Å². The molecule has 3 rings (SSSR count). The van der Waals surface area contributed by atoms with Gasteiger partial charge in [-0.05, 0) is 5.56 Å². The second-order valence-electron chi connectivity index (χ2n) is 5.40. The standard InChI is InChI=1S/C16H18N4O3/c1-19-8-7-14(18-19)17-16(22)13-10-23-11-15(21)20(13)9-12-5-3-2-4-6-12/h2-8,13H,9-11H2,1H3,(H,17,18,22)/t13-/m0/s1. The molecule has 7 nitrogen and oxygen atoms in total. The Morgan fingerprint density at radius 1 is 1.35 bits per heavy atom. The second kappa shape index (κ2) is 6.62. The summed E-state index contributed by atoms with van der Waals surface area (Å²) in [5.74, 6) is -0.0378. The molecule has 120 valence electrons. The summed E-state index contributed by atoms with van der Waals surface area (Å²) in [6.07, 6.45) is 1.74. The average molecular weight is 314 g/mol. The number of hydrogen-bond donors (Lipinski definition) is 1. The first-order chi connectivity index (χ1) is 11.1. The Morgan fingerprint density at radius 2 is 2.13 bits per heavy atom. The Labute approximate surface area is 133 Å². The van der Waals surface area contributed by atoms with Gasteiger partial charge in [-0.1, -0.05) is 30.3 Å². The number of nitrogens with zero attached hydrogens (tertiary/aromatic N) is 3. The monoisotopic (exact) mass is 314 g/mol. The summed E-state index contributed by atoms with van der Waals surface area (Å²) < 4.78 is 6.85. The molecule has 1 aromatic carbocycles. The third-order valence-corrected chi connectivity index (χ3v) is 3.66. The quantitative estimate of drug-likeness (QED) is 0.905. The maximum atomic E-state index is 12.5. The summed E-state index contributed by atoms with van der Waals surface area (Å²) in [5, 5.41) is 6.84. The van der Waals surface area contributed by atoms with Crippen molar-refractivity contribution in [1.82, 2.24) is 14.7 Å². The van der Waals surface area contributed by atoms with Crippen LogP contribution in [0.1, 0.15) is 5.56 Å². The van der Waals surface area contributed by atoms with E-state index in [1.807, 2.05) is 30.3 Å². The van der Waals surface area contributed by atoms with Crippen molar-refractivity contribution in [1.29, 1.82) is 0 Å². The fourth-order valence-electron chi connectivity index (χ4n) is 2.49. The van der Waals surface area contributed by atoms with Gasteiger partial charge in [-0.3, -0.25) is 14.3 Å². The van der Waals surface area contributed by atoms with E-state index in [9.17, 15) is 9.59 Å². The zero-order valence-corrected chi connectivity index (χ0v) is 12.8. The Hall–Kier alpha value is -2.67. The number of carbonyl (C=O) groups excluding carboxylic acids is 2. The van der Waals surface area contributed by atoms with Gasteiger partial charge in [0.05, 0.1) is 6.61 Å². The lowest BCUT2D eigenvalue weighted by molar-refractivity contribution is -0.154.